The van der Waals surface area contributed by atoms with Crippen LogP contribution >= 0.6 is 0 Å². The maximum atomic E-state index is 13.5. The summed E-state index contributed by atoms with van der Waals surface area (Å²) in [5, 5.41) is 38.2. The van der Waals surface area contributed by atoms with Gasteiger partial charge in [0, 0.05) is 12.1 Å². The first-order valence-electron chi connectivity index (χ1n) is 10.9. The Hall–Kier alpha value is -3.47. The Labute approximate surface area is 197 Å². The molecule has 0 unspecified atom stereocenters. The molecule has 1 fully saturated rings. The van der Waals surface area contributed by atoms with Crippen molar-refractivity contribution >= 4 is 10.0 Å². The summed E-state index contributed by atoms with van der Waals surface area (Å²) in [5.41, 5.74) is 0.459. The highest BCUT2D eigenvalue weighted by atomic mass is 32.2. The van der Waals surface area contributed by atoms with E-state index in [0.29, 0.717) is 15.3 Å². The number of rotatable bonds is 7. The quantitative estimate of drug-likeness (QED) is 0.452. The van der Waals surface area contributed by atoms with Crippen molar-refractivity contribution in [2.45, 2.75) is 56.4 Å². The summed E-state index contributed by atoms with van der Waals surface area (Å²) in [6.45, 7) is 3.66. The summed E-state index contributed by atoms with van der Waals surface area (Å²) in [7, 11) is -3.00. The predicted molar refractivity (Wildman–Crippen MR) is 123 cm³/mol. The number of phenols is 2. The summed E-state index contributed by atoms with van der Waals surface area (Å²) in [5.74, 6) is -0.323. The third kappa shape index (κ3) is 4.23. The van der Waals surface area contributed by atoms with Crippen LogP contribution in [0.5, 0.6) is 29.0 Å². The van der Waals surface area contributed by atoms with Crippen molar-refractivity contribution in [1.82, 2.24) is 14.2 Å². The normalized spacial score (nSPS) is 14.6. The lowest BCUT2D eigenvalue weighted by molar-refractivity contribution is 0.200. The molecular formula is C23H27N3O7S. The molecule has 0 radical (unpaired) electrons. The lowest BCUT2D eigenvalue weighted by Gasteiger charge is -2.17. The fraction of sp³-hybridized carbons (Fsp3) is 0.391. The van der Waals surface area contributed by atoms with Gasteiger partial charge in [0.15, 0.2) is 17.3 Å². The summed E-state index contributed by atoms with van der Waals surface area (Å²) in [6, 6.07) is 5.81. The van der Waals surface area contributed by atoms with E-state index in [-0.39, 0.29) is 39.8 Å². The average molecular weight is 490 g/mol. The van der Waals surface area contributed by atoms with Crippen LogP contribution < -0.4 is 9.47 Å². The second-order valence-corrected chi connectivity index (χ2v) is 10.3. The van der Waals surface area contributed by atoms with E-state index in [2.05, 4.69) is 10.2 Å². The summed E-state index contributed by atoms with van der Waals surface area (Å²) in [4.78, 5) is -0.193. The number of ether oxygens (including phenoxy) is 2. The van der Waals surface area contributed by atoms with Gasteiger partial charge in [-0.05, 0) is 55.4 Å². The molecule has 1 saturated carbocycles. The van der Waals surface area contributed by atoms with Crippen molar-refractivity contribution in [1.29, 1.82) is 0 Å². The Morgan fingerprint density at radius 3 is 2.35 bits per heavy atom. The van der Waals surface area contributed by atoms with Gasteiger partial charge < -0.3 is 24.8 Å². The molecule has 0 spiro atoms. The second kappa shape index (κ2) is 9.05. The van der Waals surface area contributed by atoms with Crippen LogP contribution in [0.2, 0.25) is 0 Å². The minimum atomic E-state index is -4.41. The van der Waals surface area contributed by atoms with Gasteiger partial charge in [0.2, 0.25) is 0 Å². The molecule has 1 aliphatic carbocycles. The summed E-state index contributed by atoms with van der Waals surface area (Å²) < 4.78 is 38.9. The molecule has 0 aliphatic heterocycles. The molecule has 0 amide bonds. The molecule has 0 atom stereocenters. The lowest BCUT2D eigenvalue weighted by Crippen LogP contribution is -2.15. The first-order chi connectivity index (χ1) is 16.1. The van der Waals surface area contributed by atoms with Crippen LogP contribution in [0, 0.1) is 0 Å². The van der Waals surface area contributed by atoms with Gasteiger partial charge in [-0.25, -0.2) is 8.42 Å². The number of benzene rings is 2. The first-order valence-corrected chi connectivity index (χ1v) is 12.4. The van der Waals surface area contributed by atoms with Gasteiger partial charge in [-0.3, -0.25) is 0 Å². The molecule has 3 N–H and O–H groups in total. The topological polar surface area (TPSA) is 144 Å². The second-order valence-electron chi connectivity index (χ2n) is 8.51. The Morgan fingerprint density at radius 2 is 1.71 bits per heavy atom. The molecule has 34 heavy (non-hydrogen) atoms. The Morgan fingerprint density at radius 1 is 1.00 bits per heavy atom. The SMILES string of the molecule is COc1cc(S(=O)(=O)n2c(O)nnc2-c2cc(C(C)C)c(O)cc2O)ccc1OC1CCCC1. The lowest BCUT2D eigenvalue weighted by atomic mass is 9.98. The monoisotopic (exact) mass is 489 g/mol. The van der Waals surface area contributed by atoms with Gasteiger partial charge in [-0.15, -0.1) is 5.10 Å². The molecular weight excluding hydrogens is 462 g/mol. The number of phenolic OH excluding ortho intramolecular Hbond substituents is 2. The van der Waals surface area contributed by atoms with Crippen molar-refractivity contribution in [2.75, 3.05) is 7.11 Å². The van der Waals surface area contributed by atoms with Crippen LogP contribution in [0.3, 0.4) is 0 Å². The highest BCUT2D eigenvalue weighted by molar-refractivity contribution is 7.90. The van der Waals surface area contributed by atoms with E-state index >= 15 is 0 Å². The van der Waals surface area contributed by atoms with Gasteiger partial charge in [0.25, 0.3) is 10.0 Å². The van der Waals surface area contributed by atoms with E-state index in [4.69, 9.17) is 9.47 Å². The van der Waals surface area contributed by atoms with E-state index in [1.165, 1.54) is 31.4 Å². The van der Waals surface area contributed by atoms with Crippen LogP contribution in [0.1, 0.15) is 51.0 Å². The van der Waals surface area contributed by atoms with Crippen LogP contribution in [0.25, 0.3) is 11.4 Å². The molecule has 11 heteroatoms. The number of hydrogen-bond acceptors (Lipinski definition) is 9. The van der Waals surface area contributed by atoms with E-state index < -0.39 is 21.8 Å². The van der Waals surface area contributed by atoms with Crippen molar-refractivity contribution in [3.05, 3.63) is 35.9 Å². The molecule has 3 aromatic rings. The van der Waals surface area contributed by atoms with E-state index in [9.17, 15) is 23.7 Å². The smallest absolute Gasteiger partial charge is 0.329 e. The van der Waals surface area contributed by atoms with Crippen molar-refractivity contribution < 1.29 is 33.2 Å². The molecule has 4 rings (SSSR count). The summed E-state index contributed by atoms with van der Waals surface area (Å²) in [6.07, 6.45) is 4.07. The first kappa shape index (κ1) is 23.7. The maximum absolute atomic E-state index is 13.5. The van der Waals surface area contributed by atoms with Crippen LogP contribution in [-0.4, -0.2) is 51.1 Å². The minimum Gasteiger partial charge on any atom is -0.508 e. The van der Waals surface area contributed by atoms with Gasteiger partial charge >= 0.3 is 6.01 Å². The zero-order valence-corrected chi connectivity index (χ0v) is 19.9. The molecule has 182 valence electrons. The van der Waals surface area contributed by atoms with Crippen LogP contribution in [-0.2, 0) is 10.0 Å². The molecule has 1 aliphatic rings. The number of aromatic nitrogens is 3. The third-order valence-electron chi connectivity index (χ3n) is 5.89. The van der Waals surface area contributed by atoms with E-state index in [0.717, 1.165) is 31.7 Å². The fourth-order valence-electron chi connectivity index (χ4n) is 4.09. The van der Waals surface area contributed by atoms with Gasteiger partial charge in [0.05, 0.1) is 23.7 Å². The third-order valence-corrected chi connectivity index (χ3v) is 7.55. The van der Waals surface area contributed by atoms with Gasteiger partial charge in [-0.1, -0.05) is 18.9 Å². The molecule has 0 bridgehead atoms. The Kier molecular flexibility index (Phi) is 6.30. The van der Waals surface area contributed by atoms with Crippen molar-refractivity contribution in [3.63, 3.8) is 0 Å². The highest BCUT2D eigenvalue weighted by Gasteiger charge is 2.30. The fourth-order valence-corrected chi connectivity index (χ4v) is 5.41. The largest absolute Gasteiger partial charge is 0.508 e. The molecule has 1 heterocycles. The Balaban J connectivity index is 1.79. The van der Waals surface area contributed by atoms with Crippen molar-refractivity contribution in [2.24, 2.45) is 0 Å². The van der Waals surface area contributed by atoms with Crippen LogP contribution in [0.15, 0.2) is 35.2 Å². The van der Waals surface area contributed by atoms with Gasteiger partial charge in [-0.2, -0.15) is 3.97 Å². The maximum Gasteiger partial charge on any atom is 0.329 e. The standard InChI is InChI=1S/C23H27N3O7S/c1-13(2)16-11-17(19(28)12-18(16)27)22-24-25-23(29)26(22)34(30,31)15-8-9-20(21(10-15)32-3)33-14-6-4-5-7-14/h8-14,27-28H,4-7H2,1-3H3,(H,25,29). The molecule has 1 aromatic heterocycles. The minimum absolute atomic E-state index is 0.00831. The van der Waals surface area contributed by atoms with Gasteiger partial charge in [0.1, 0.15) is 11.5 Å². The summed E-state index contributed by atoms with van der Waals surface area (Å²) >= 11 is 0. The number of methoxy groups -OCH3 is 1. The highest BCUT2D eigenvalue weighted by Crippen LogP contribution is 2.40. The predicted octanol–water partition coefficient (Wildman–Crippen LogP) is 3.75. The van der Waals surface area contributed by atoms with E-state index in [1.54, 1.807) is 0 Å². The van der Waals surface area contributed by atoms with E-state index in [1.807, 2.05) is 13.8 Å². The van der Waals surface area contributed by atoms with Crippen LogP contribution in [0.4, 0.5) is 0 Å². The number of hydrogen-bond donors (Lipinski definition) is 3. The number of nitrogens with zero attached hydrogens (tertiary/aromatic N) is 3. The Bertz CT molecular complexity index is 1310. The molecule has 10 nitrogen and oxygen atoms in total. The average Bonchev–Trinajstić information content (AvgIpc) is 3.43. The molecule has 0 saturated heterocycles. The zero-order chi connectivity index (χ0) is 24.6. The number of aromatic hydroxyl groups is 3. The zero-order valence-electron chi connectivity index (χ0n) is 19.1. The van der Waals surface area contributed by atoms with Crippen molar-refractivity contribution in [3.8, 4) is 40.4 Å². The molecule has 2 aromatic carbocycles.